The number of hydrogen-bond donors (Lipinski definition) is 0. The lowest BCUT2D eigenvalue weighted by Crippen LogP contribution is -2.49. The number of alkyl halides is 3. The maximum atomic E-state index is 16.6. The van der Waals surface area contributed by atoms with Crippen LogP contribution in [0.25, 0.3) is 64.6 Å². The SMILES string of the molecule is FC(F)(F)C(Oc1cccc2cc3ccccc3cc12)(c1cccc2cc3ccccc3cc12)c1cccc2cc3ccccc3cc12. The summed E-state index contributed by atoms with van der Waals surface area (Å²) in [5.41, 5.74) is -2.80. The third-order valence-corrected chi connectivity index (χ3v) is 9.62. The van der Waals surface area contributed by atoms with Crippen molar-refractivity contribution in [2.45, 2.75) is 11.8 Å². The molecule has 0 aliphatic heterocycles. The molecule has 4 heteroatoms. The van der Waals surface area contributed by atoms with E-state index in [2.05, 4.69) is 0 Å². The molecule has 0 spiro atoms. The summed E-state index contributed by atoms with van der Waals surface area (Å²) in [6.45, 7) is 0. The zero-order valence-corrected chi connectivity index (χ0v) is 25.6. The molecule has 0 atom stereocenters. The first-order valence-electron chi connectivity index (χ1n) is 15.9. The van der Waals surface area contributed by atoms with Gasteiger partial charge in [0.1, 0.15) is 5.75 Å². The normalized spacial score (nSPS) is 12.5. The zero-order chi connectivity index (χ0) is 32.5. The van der Waals surface area contributed by atoms with Gasteiger partial charge in [0.2, 0.25) is 0 Å². The second-order valence-electron chi connectivity index (χ2n) is 12.4. The molecule has 0 aliphatic carbocycles. The van der Waals surface area contributed by atoms with Gasteiger partial charge in [0.25, 0.3) is 5.60 Å². The molecule has 0 aromatic heterocycles. The molecule has 0 amide bonds. The molecule has 0 saturated heterocycles. The van der Waals surface area contributed by atoms with Crippen molar-refractivity contribution in [1.29, 1.82) is 0 Å². The lowest BCUT2D eigenvalue weighted by atomic mass is 9.79. The second kappa shape index (κ2) is 10.6. The molecule has 0 fully saturated rings. The maximum Gasteiger partial charge on any atom is 0.437 e. The van der Waals surface area contributed by atoms with Gasteiger partial charge in [0.15, 0.2) is 0 Å². The van der Waals surface area contributed by atoms with Crippen molar-refractivity contribution < 1.29 is 17.9 Å². The van der Waals surface area contributed by atoms with Gasteiger partial charge >= 0.3 is 6.18 Å². The van der Waals surface area contributed by atoms with Crippen LogP contribution in [0.2, 0.25) is 0 Å². The molecule has 1 nitrogen and oxygen atoms in total. The third-order valence-electron chi connectivity index (χ3n) is 9.62. The summed E-state index contributed by atoms with van der Waals surface area (Å²) in [6, 6.07) is 50.5. The van der Waals surface area contributed by atoms with Gasteiger partial charge in [-0.15, -0.1) is 0 Å². The van der Waals surface area contributed by atoms with E-state index in [9.17, 15) is 0 Å². The van der Waals surface area contributed by atoms with Crippen LogP contribution in [0.5, 0.6) is 5.75 Å². The fourth-order valence-electron chi connectivity index (χ4n) is 7.36. The summed E-state index contributed by atoms with van der Waals surface area (Å²) in [5, 5.41) is 9.35. The van der Waals surface area contributed by atoms with E-state index in [4.69, 9.17) is 4.74 Å². The summed E-state index contributed by atoms with van der Waals surface area (Å²) in [7, 11) is 0. The molecule has 9 aromatic rings. The van der Waals surface area contributed by atoms with Crippen molar-refractivity contribution in [3.05, 3.63) is 175 Å². The highest BCUT2D eigenvalue weighted by molar-refractivity contribution is 6.04. The minimum Gasteiger partial charge on any atom is -0.467 e. The molecule has 0 radical (unpaired) electrons. The average Bonchev–Trinajstić information content (AvgIpc) is 3.10. The van der Waals surface area contributed by atoms with Crippen molar-refractivity contribution in [3.8, 4) is 5.75 Å². The van der Waals surface area contributed by atoms with Crippen LogP contribution >= 0.6 is 0 Å². The van der Waals surface area contributed by atoms with Crippen LogP contribution < -0.4 is 4.74 Å². The topological polar surface area (TPSA) is 9.23 Å². The zero-order valence-electron chi connectivity index (χ0n) is 25.6. The van der Waals surface area contributed by atoms with E-state index in [0.29, 0.717) is 26.9 Å². The monoisotopic (exact) mass is 628 g/mol. The van der Waals surface area contributed by atoms with Crippen LogP contribution in [0.15, 0.2) is 164 Å². The van der Waals surface area contributed by atoms with E-state index in [0.717, 1.165) is 37.7 Å². The van der Waals surface area contributed by atoms with Crippen LogP contribution in [-0.2, 0) is 5.60 Å². The Balaban J connectivity index is 1.42. The van der Waals surface area contributed by atoms with E-state index < -0.39 is 11.8 Å². The first kappa shape index (κ1) is 28.4. The summed E-state index contributed by atoms with van der Waals surface area (Å²) in [4.78, 5) is 0. The smallest absolute Gasteiger partial charge is 0.437 e. The average molecular weight is 629 g/mol. The molecule has 0 unspecified atom stereocenters. The first-order valence-corrected chi connectivity index (χ1v) is 15.9. The van der Waals surface area contributed by atoms with E-state index in [1.807, 2.05) is 127 Å². The summed E-state index contributed by atoms with van der Waals surface area (Å²) in [5.74, 6) is 0.158. The number of benzene rings is 9. The summed E-state index contributed by atoms with van der Waals surface area (Å²) in [6.07, 6.45) is -4.88. The minimum atomic E-state index is -4.88. The Hall–Kier alpha value is -5.87. The molecule has 9 rings (SSSR count). The number of halogens is 3. The van der Waals surface area contributed by atoms with E-state index in [1.165, 1.54) is 0 Å². The number of rotatable bonds is 4. The predicted octanol–water partition coefficient (Wildman–Crippen LogP) is 12.5. The van der Waals surface area contributed by atoms with Gasteiger partial charge < -0.3 is 4.74 Å². The van der Waals surface area contributed by atoms with Gasteiger partial charge in [-0.3, -0.25) is 0 Å². The first-order chi connectivity index (χ1) is 23.4. The largest absolute Gasteiger partial charge is 0.467 e. The maximum absolute atomic E-state index is 16.6. The van der Waals surface area contributed by atoms with Gasteiger partial charge in [-0.1, -0.05) is 121 Å². The Labute approximate surface area is 274 Å². The van der Waals surface area contributed by atoms with E-state index in [-0.39, 0.29) is 16.9 Å². The van der Waals surface area contributed by atoms with Crippen LogP contribution in [0, 0.1) is 0 Å². The molecule has 0 saturated carbocycles. The molecule has 0 N–H and O–H groups in total. The Morgan fingerprint density at radius 2 is 0.667 bits per heavy atom. The quantitative estimate of drug-likeness (QED) is 0.176. The fourth-order valence-corrected chi connectivity index (χ4v) is 7.36. The van der Waals surface area contributed by atoms with Crippen molar-refractivity contribution in [1.82, 2.24) is 0 Å². The van der Waals surface area contributed by atoms with Crippen molar-refractivity contribution >= 4 is 64.6 Å². The van der Waals surface area contributed by atoms with Gasteiger partial charge in [0.05, 0.1) is 0 Å². The molecular formula is C44H27F3O. The van der Waals surface area contributed by atoms with Gasteiger partial charge in [-0.25, -0.2) is 0 Å². The van der Waals surface area contributed by atoms with Gasteiger partial charge in [-0.2, -0.15) is 13.2 Å². The van der Waals surface area contributed by atoms with Crippen LogP contribution in [0.3, 0.4) is 0 Å². The molecule has 0 aliphatic rings. The summed E-state index contributed by atoms with van der Waals surface area (Å²) >= 11 is 0. The fraction of sp³-hybridized carbons (Fsp3) is 0.0455. The number of hydrogen-bond acceptors (Lipinski definition) is 1. The number of fused-ring (bicyclic) bond motifs is 6. The highest BCUT2D eigenvalue weighted by atomic mass is 19.4. The van der Waals surface area contributed by atoms with E-state index >= 15 is 13.2 Å². The molecule has 230 valence electrons. The predicted molar refractivity (Wildman–Crippen MR) is 192 cm³/mol. The van der Waals surface area contributed by atoms with Crippen LogP contribution in [-0.4, -0.2) is 6.18 Å². The summed E-state index contributed by atoms with van der Waals surface area (Å²) < 4.78 is 56.6. The van der Waals surface area contributed by atoms with Gasteiger partial charge in [-0.05, 0) is 102 Å². The molecule has 0 bridgehead atoms. The minimum absolute atomic E-state index is 0.0386. The molecule has 48 heavy (non-hydrogen) atoms. The number of ether oxygens (including phenoxy) is 1. The van der Waals surface area contributed by atoms with Crippen molar-refractivity contribution in [2.75, 3.05) is 0 Å². The molecule has 9 aromatic carbocycles. The highest BCUT2D eigenvalue weighted by Crippen LogP contribution is 2.52. The molecule has 0 heterocycles. The Morgan fingerprint density at radius 3 is 1.08 bits per heavy atom. The standard InChI is InChI=1S/C44H27F3O/c45-44(46,47)43(40-19-7-16-34-22-28-10-1-4-13-31(28)25-37(34)40,41-20-8-17-35-23-29-11-2-5-14-32(29)26-38(35)41)48-42-21-9-18-36-24-30-12-3-6-15-33(30)27-39(36)42/h1-27H. The van der Waals surface area contributed by atoms with Crippen molar-refractivity contribution in [2.24, 2.45) is 0 Å². The van der Waals surface area contributed by atoms with Crippen LogP contribution in [0.1, 0.15) is 11.1 Å². The molecular weight excluding hydrogens is 601 g/mol. The van der Waals surface area contributed by atoms with E-state index in [1.54, 1.807) is 36.4 Å². The highest BCUT2D eigenvalue weighted by Gasteiger charge is 2.61. The van der Waals surface area contributed by atoms with Gasteiger partial charge in [0, 0.05) is 16.5 Å². The Kier molecular flexibility index (Phi) is 6.25. The second-order valence-corrected chi connectivity index (χ2v) is 12.4. The lowest BCUT2D eigenvalue weighted by Gasteiger charge is -2.39. The Bertz CT molecular complexity index is 2590. The third kappa shape index (κ3) is 4.33. The lowest BCUT2D eigenvalue weighted by molar-refractivity contribution is -0.236. The Morgan fingerprint density at radius 1 is 0.333 bits per heavy atom. The van der Waals surface area contributed by atoms with Crippen molar-refractivity contribution in [3.63, 3.8) is 0 Å². The van der Waals surface area contributed by atoms with Crippen LogP contribution in [0.4, 0.5) is 13.2 Å².